The molecule has 1 unspecified atom stereocenters. The van der Waals surface area contributed by atoms with Crippen molar-refractivity contribution in [2.24, 2.45) is 5.11 Å². The maximum Gasteiger partial charge on any atom is 0.214 e. The van der Waals surface area contributed by atoms with Crippen LogP contribution >= 0.6 is 11.6 Å². The summed E-state index contributed by atoms with van der Waals surface area (Å²) in [6.07, 6.45) is 0. The Kier molecular flexibility index (Phi) is 7.86. The van der Waals surface area contributed by atoms with Crippen LogP contribution in [0.4, 0.5) is 4.39 Å². The fourth-order valence-electron chi connectivity index (χ4n) is 2.24. The third kappa shape index (κ3) is 5.45. The van der Waals surface area contributed by atoms with Crippen molar-refractivity contribution in [3.8, 4) is 5.75 Å². The molecule has 1 N–H and O–H groups in total. The van der Waals surface area contributed by atoms with Gasteiger partial charge in [0.1, 0.15) is 16.4 Å². The highest BCUT2D eigenvalue weighted by atomic mass is 35.5. The number of ketones is 1. The molecule has 0 aliphatic heterocycles. The Morgan fingerprint density at radius 3 is 2.48 bits per heavy atom. The molecule has 27 heavy (non-hydrogen) atoms. The number of ether oxygens (including phenoxy) is 1. The number of carbonyl (C=O) groups is 1. The van der Waals surface area contributed by atoms with Gasteiger partial charge in [0.15, 0.2) is 26.0 Å². The molecule has 1 aromatic carbocycles. The molecule has 1 rings (SSSR count). The zero-order valence-corrected chi connectivity index (χ0v) is 18.7. The topological polar surface area (TPSA) is 85.8 Å². The van der Waals surface area contributed by atoms with Crippen LogP contribution in [0, 0.1) is 11.3 Å². The largest absolute Gasteiger partial charge is 0.493 e. The fraction of sp³-hybridized carbons (Fsp3) is 0.611. The molecule has 0 spiro atoms. The molecule has 150 valence electrons. The van der Waals surface area contributed by atoms with E-state index in [-0.39, 0.29) is 45.9 Å². The van der Waals surface area contributed by atoms with Crippen LogP contribution in [0.5, 0.6) is 5.75 Å². The van der Waals surface area contributed by atoms with Crippen LogP contribution in [-0.4, -0.2) is 27.3 Å². The van der Waals surface area contributed by atoms with Crippen molar-refractivity contribution >= 4 is 25.7 Å². The molecule has 9 heteroatoms. The average molecular weight is 417 g/mol. The van der Waals surface area contributed by atoms with Gasteiger partial charge in [-0.05, 0) is 38.0 Å². The maximum absolute atomic E-state index is 14.9. The highest BCUT2D eigenvalue weighted by molar-refractivity contribution is 6.74. The first-order valence-corrected chi connectivity index (χ1v) is 12.0. The monoisotopic (exact) mass is 416 g/mol. The third-order valence-electron chi connectivity index (χ3n) is 4.81. The lowest BCUT2D eigenvalue weighted by atomic mass is 10.00. The van der Waals surface area contributed by atoms with Crippen molar-refractivity contribution in [3.05, 3.63) is 28.0 Å². The number of hydrogen-bond donors (Lipinski definition) is 1. The van der Waals surface area contributed by atoms with E-state index < -0.39 is 20.2 Å². The molecule has 0 fully saturated rings. The lowest BCUT2D eigenvalue weighted by Crippen LogP contribution is -2.41. The predicted octanol–water partition coefficient (Wildman–Crippen LogP) is 5.69. The summed E-state index contributed by atoms with van der Waals surface area (Å²) in [7, 11) is -2.16. The molecule has 0 saturated heterocycles. The van der Waals surface area contributed by atoms with Gasteiger partial charge in [0, 0.05) is 0 Å². The van der Waals surface area contributed by atoms with Gasteiger partial charge in [0.2, 0.25) is 4.91 Å². The van der Waals surface area contributed by atoms with Crippen molar-refractivity contribution in [2.75, 3.05) is 13.2 Å². The summed E-state index contributed by atoms with van der Waals surface area (Å²) < 4.78 is 26.6. The van der Waals surface area contributed by atoms with Gasteiger partial charge in [-0.3, -0.25) is 4.79 Å². The zero-order valence-electron chi connectivity index (χ0n) is 16.9. The lowest BCUT2D eigenvalue weighted by Gasteiger charge is -2.36. The minimum atomic E-state index is -2.16. The van der Waals surface area contributed by atoms with Crippen LogP contribution in [0.3, 0.4) is 0 Å². The molecular formula is C18H28ClFN3O3Si+. The standard InChI is InChI=1S/C18H28ClFN3O3Si/c1-8-25-17-12(11(2)24)9-13(19)16(20)15(17)14(22-23-21)10-26-27(6,7)18(3,4)5/h9,14,21H,8,10H2,1-7H3/q+1. The van der Waals surface area contributed by atoms with Gasteiger partial charge in [0.05, 0.1) is 29.4 Å². The number of halogens is 2. The summed E-state index contributed by atoms with van der Waals surface area (Å²) in [5.74, 6) is -0.988. The first-order chi connectivity index (χ1) is 12.4. The van der Waals surface area contributed by atoms with Crippen molar-refractivity contribution in [2.45, 2.75) is 58.8 Å². The van der Waals surface area contributed by atoms with Gasteiger partial charge in [-0.2, -0.15) is 0 Å². The van der Waals surface area contributed by atoms with Crippen LogP contribution in [0.15, 0.2) is 11.2 Å². The molecule has 1 atom stereocenters. The van der Waals surface area contributed by atoms with Gasteiger partial charge in [0.25, 0.3) is 0 Å². The maximum atomic E-state index is 14.9. The summed E-state index contributed by atoms with van der Waals surface area (Å²) in [6.45, 7) is 13.7. The molecule has 0 aliphatic rings. The van der Waals surface area contributed by atoms with E-state index in [2.05, 4.69) is 43.9 Å². The number of nitrogens with zero attached hydrogens (tertiary/aromatic N) is 2. The average Bonchev–Trinajstić information content (AvgIpc) is 2.54. The zero-order chi connectivity index (χ0) is 21.0. The third-order valence-corrected chi connectivity index (χ3v) is 9.59. The second-order valence-electron chi connectivity index (χ2n) is 7.75. The van der Waals surface area contributed by atoms with Gasteiger partial charge in [-0.15, -0.1) is 0 Å². The molecule has 6 nitrogen and oxygen atoms in total. The molecule has 0 saturated carbocycles. The van der Waals surface area contributed by atoms with Crippen LogP contribution in [-0.2, 0) is 4.43 Å². The van der Waals surface area contributed by atoms with E-state index in [4.69, 9.17) is 26.3 Å². The van der Waals surface area contributed by atoms with Crippen LogP contribution in [0.25, 0.3) is 0 Å². The summed E-state index contributed by atoms with van der Waals surface area (Å²) in [4.78, 5) is 15.1. The normalized spacial score (nSPS) is 13.1. The smallest absolute Gasteiger partial charge is 0.214 e. The lowest BCUT2D eigenvalue weighted by molar-refractivity contribution is 0.101. The van der Waals surface area contributed by atoms with E-state index >= 15 is 0 Å². The number of hydrogen-bond acceptors (Lipinski definition) is 5. The highest BCUT2D eigenvalue weighted by Gasteiger charge is 2.39. The number of rotatable bonds is 8. The van der Waals surface area contributed by atoms with E-state index in [1.165, 1.54) is 13.0 Å². The second-order valence-corrected chi connectivity index (χ2v) is 13.0. The van der Waals surface area contributed by atoms with E-state index in [1.54, 1.807) is 6.92 Å². The molecule has 1 aromatic rings. The SMILES string of the molecule is CCOc1c(C(C)=O)cc(Cl)c(F)c1C(CO[Si](C)(C)C(C)(C)C)N=[N+]=N. The summed E-state index contributed by atoms with van der Waals surface area (Å²) in [5, 5.41) is 3.55. The first-order valence-electron chi connectivity index (χ1n) is 8.73. The number of nitrogens with one attached hydrogen (secondary N) is 1. The molecule has 0 amide bonds. The first kappa shape index (κ1) is 23.4. The Morgan fingerprint density at radius 1 is 1.44 bits per heavy atom. The van der Waals surface area contributed by atoms with Crippen LogP contribution in [0.2, 0.25) is 23.2 Å². The molecule has 0 radical (unpaired) electrons. The van der Waals surface area contributed by atoms with Crippen molar-refractivity contribution in [1.29, 1.82) is 5.53 Å². The Balaban J connectivity index is 3.51. The Labute approximate surface area is 165 Å². The second kappa shape index (κ2) is 9.06. The number of carbonyl (C=O) groups excluding carboxylic acids is 1. The summed E-state index contributed by atoms with van der Waals surface area (Å²) in [6, 6.07) is 0.298. The molecule has 0 aromatic heterocycles. The van der Waals surface area contributed by atoms with Crippen LogP contribution < -0.4 is 9.65 Å². The van der Waals surface area contributed by atoms with Gasteiger partial charge >= 0.3 is 0 Å². The van der Waals surface area contributed by atoms with Crippen molar-refractivity contribution < 1.29 is 18.3 Å². The number of Topliss-reactive ketones (excluding diaryl/α,β-unsaturated/α-hetero) is 1. The highest BCUT2D eigenvalue weighted by Crippen LogP contribution is 2.41. The fourth-order valence-corrected chi connectivity index (χ4v) is 3.45. The Hall–Kier alpha value is -1.60. The predicted molar refractivity (Wildman–Crippen MR) is 106 cm³/mol. The molecule has 0 bridgehead atoms. The Bertz CT molecular complexity index is 759. The van der Waals surface area contributed by atoms with E-state index in [0.717, 1.165) is 0 Å². The summed E-state index contributed by atoms with van der Waals surface area (Å²) in [5.41, 5.74) is 7.28. The number of benzene rings is 1. The minimum absolute atomic E-state index is 0.00749. The van der Waals surface area contributed by atoms with Crippen molar-refractivity contribution in [3.63, 3.8) is 0 Å². The van der Waals surface area contributed by atoms with E-state index in [9.17, 15) is 9.18 Å². The molecule has 0 aliphatic carbocycles. The van der Waals surface area contributed by atoms with E-state index in [1.807, 2.05) is 0 Å². The van der Waals surface area contributed by atoms with E-state index in [0.29, 0.717) is 0 Å². The molecule has 0 heterocycles. The van der Waals surface area contributed by atoms with Gasteiger partial charge in [-0.1, -0.05) is 32.4 Å². The summed E-state index contributed by atoms with van der Waals surface area (Å²) >= 11 is 6.01. The minimum Gasteiger partial charge on any atom is -0.493 e. The van der Waals surface area contributed by atoms with Gasteiger partial charge < -0.3 is 9.16 Å². The van der Waals surface area contributed by atoms with Crippen molar-refractivity contribution in [1.82, 2.24) is 4.91 Å². The van der Waals surface area contributed by atoms with Crippen LogP contribution in [0.1, 0.15) is 56.6 Å². The molecular weight excluding hydrogens is 389 g/mol. The quantitative estimate of drug-likeness (QED) is 0.255. The van der Waals surface area contributed by atoms with Gasteiger partial charge in [-0.25, -0.2) is 4.39 Å². The Morgan fingerprint density at radius 2 is 2.04 bits per heavy atom.